The summed E-state index contributed by atoms with van der Waals surface area (Å²) in [6, 6.07) is 12.7. The molecule has 0 fully saturated rings. The van der Waals surface area contributed by atoms with E-state index in [4.69, 9.17) is 9.47 Å². The van der Waals surface area contributed by atoms with Crippen LogP contribution in [0.15, 0.2) is 42.5 Å². The van der Waals surface area contributed by atoms with Crippen molar-refractivity contribution in [3.8, 4) is 5.75 Å². The first-order valence-corrected chi connectivity index (χ1v) is 12.2. The number of esters is 2. The topological polar surface area (TPSA) is 52.6 Å². The van der Waals surface area contributed by atoms with Crippen LogP contribution in [-0.2, 0) is 19.7 Å². The normalized spacial score (nSPS) is 12.4. The second-order valence-corrected chi connectivity index (χ2v) is 9.98. The molecule has 0 aliphatic heterocycles. The Morgan fingerprint density at radius 1 is 0.882 bits per heavy atom. The quantitative estimate of drug-likeness (QED) is 0.233. The Hall–Kier alpha value is -2.88. The van der Waals surface area contributed by atoms with E-state index in [2.05, 4.69) is 51.1 Å². The Morgan fingerprint density at radius 3 is 1.88 bits per heavy atom. The summed E-state index contributed by atoms with van der Waals surface area (Å²) in [5, 5.41) is 0. The number of ether oxygens (including phenoxy) is 2. The average Bonchev–Trinajstić information content (AvgIpc) is 2.79. The minimum atomic E-state index is -0.555. The van der Waals surface area contributed by atoms with Crippen molar-refractivity contribution in [3.05, 3.63) is 70.3 Å². The van der Waals surface area contributed by atoms with Gasteiger partial charge in [-0.25, -0.2) is 4.79 Å². The second-order valence-electron chi connectivity index (χ2n) is 9.98. The zero-order valence-corrected chi connectivity index (χ0v) is 22.3. The number of hydrogen-bond acceptors (Lipinski definition) is 4. The number of allylic oxidation sites excluding steroid dienone is 1. The van der Waals surface area contributed by atoms with Crippen LogP contribution in [0.2, 0.25) is 0 Å². The molecule has 2 rings (SSSR count). The van der Waals surface area contributed by atoms with Crippen molar-refractivity contribution in [3.63, 3.8) is 0 Å². The molecule has 0 aliphatic rings. The molecule has 0 bridgehead atoms. The number of rotatable bonds is 8. The van der Waals surface area contributed by atoms with E-state index in [1.165, 1.54) is 18.2 Å². The van der Waals surface area contributed by atoms with E-state index in [9.17, 15) is 9.59 Å². The highest BCUT2D eigenvalue weighted by atomic mass is 16.5. The van der Waals surface area contributed by atoms with Crippen molar-refractivity contribution in [1.82, 2.24) is 0 Å². The molecule has 0 heterocycles. The van der Waals surface area contributed by atoms with Crippen molar-refractivity contribution in [2.75, 3.05) is 7.11 Å². The van der Waals surface area contributed by atoms with Crippen LogP contribution in [0.4, 0.5) is 0 Å². The number of carbonyl (C=O) groups excluding carboxylic acids is 2. The Bertz CT molecular complexity index is 1070. The SMILES string of the molecule is CC/C(=C\C(=O)OC)c1ccc(C(CC)(CC)c2ccc(OC(=O)C(C)(C)C)c(C)c2)cc1C. The molecule has 34 heavy (non-hydrogen) atoms. The van der Waals surface area contributed by atoms with E-state index < -0.39 is 5.41 Å². The van der Waals surface area contributed by atoms with E-state index in [1.54, 1.807) is 6.08 Å². The third-order valence-corrected chi connectivity index (χ3v) is 6.75. The highest BCUT2D eigenvalue weighted by molar-refractivity contribution is 5.91. The molecule has 2 aromatic rings. The van der Waals surface area contributed by atoms with Gasteiger partial charge in [-0.3, -0.25) is 4.79 Å². The molecular weight excluding hydrogens is 424 g/mol. The standard InChI is InChI=1S/C30H40O4/c1-10-22(19-27(31)33-9)25-15-13-23(17-20(25)4)30(11-2,12-3)24-14-16-26(21(5)18-24)34-28(32)29(6,7)8/h13-19H,10-12H2,1-9H3/b22-19+. The van der Waals surface area contributed by atoms with Crippen molar-refractivity contribution in [2.24, 2.45) is 5.41 Å². The van der Waals surface area contributed by atoms with E-state index >= 15 is 0 Å². The van der Waals surface area contributed by atoms with Gasteiger partial charge in [0.2, 0.25) is 0 Å². The number of hydrogen-bond donors (Lipinski definition) is 0. The smallest absolute Gasteiger partial charge is 0.330 e. The van der Waals surface area contributed by atoms with Gasteiger partial charge in [0.1, 0.15) is 5.75 Å². The van der Waals surface area contributed by atoms with Crippen LogP contribution >= 0.6 is 0 Å². The third-order valence-electron chi connectivity index (χ3n) is 6.75. The molecule has 0 N–H and O–H groups in total. The maximum absolute atomic E-state index is 12.4. The second kappa shape index (κ2) is 11.0. The van der Waals surface area contributed by atoms with Crippen molar-refractivity contribution >= 4 is 17.5 Å². The van der Waals surface area contributed by atoms with Crippen LogP contribution in [0.3, 0.4) is 0 Å². The number of benzene rings is 2. The summed E-state index contributed by atoms with van der Waals surface area (Å²) < 4.78 is 10.5. The number of carbonyl (C=O) groups is 2. The highest BCUT2D eigenvalue weighted by Crippen LogP contribution is 2.41. The van der Waals surface area contributed by atoms with Crippen LogP contribution < -0.4 is 4.74 Å². The maximum Gasteiger partial charge on any atom is 0.330 e. The first-order chi connectivity index (χ1) is 15.9. The van der Waals surface area contributed by atoms with Crippen LogP contribution in [-0.4, -0.2) is 19.0 Å². The monoisotopic (exact) mass is 464 g/mol. The van der Waals surface area contributed by atoms with Gasteiger partial charge in [-0.2, -0.15) is 0 Å². The lowest BCUT2D eigenvalue weighted by molar-refractivity contribution is -0.143. The largest absolute Gasteiger partial charge is 0.466 e. The first-order valence-electron chi connectivity index (χ1n) is 12.2. The van der Waals surface area contributed by atoms with E-state index in [0.717, 1.165) is 41.5 Å². The number of aryl methyl sites for hydroxylation is 2. The molecule has 0 saturated carbocycles. The summed E-state index contributed by atoms with van der Waals surface area (Å²) in [6.07, 6.45) is 4.19. The van der Waals surface area contributed by atoms with Crippen LogP contribution in [0, 0.1) is 19.3 Å². The van der Waals surface area contributed by atoms with Gasteiger partial charge in [-0.1, -0.05) is 51.1 Å². The molecule has 4 nitrogen and oxygen atoms in total. The molecule has 0 amide bonds. The lowest BCUT2D eigenvalue weighted by Gasteiger charge is -2.34. The van der Waals surface area contributed by atoms with Gasteiger partial charge in [0, 0.05) is 11.5 Å². The van der Waals surface area contributed by atoms with Crippen LogP contribution in [0.1, 0.15) is 88.6 Å². The van der Waals surface area contributed by atoms with Crippen LogP contribution in [0.5, 0.6) is 5.75 Å². The summed E-state index contributed by atoms with van der Waals surface area (Å²) in [6.45, 7) is 16.1. The zero-order valence-electron chi connectivity index (χ0n) is 22.3. The van der Waals surface area contributed by atoms with Gasteiger partial charge in [-0.05, 0) is 93.3 Å². The minimum absolute atomic E-state index is 0.168. The lowest BCUT2D eigenvalue weighted by atomic mass is 9.69. The Labute approximate surface area is 205 Å². The predicted molar refractivity (Wildman–Crippen MR) is 139 cm³/mol. The van der Waals surface area contributed by atoms with Gasteiger partial charge in [-0.15, -0.1) is 0 Å². The Balaban J connectivity index is 2.52. The molecule has 0 aromatic heterocycles. The molecule has 184 valence electrons. The lowest BCUT2D eigenvalue weighted by Crippen LogP contribution is -2.27. The van der Waals surface area contributed by atoms with Gasteiger partial charge in [0.25, 0.3) is 0 Å². The molecule has 0 saturated heterocycles. The molecule has 0 aliphatic carbocycles. The van der Waals surface area contributed by atoms with Gasteiger partial charge in [0.15, 0.2) is 0 Å². The van der Waals surface area contributed by atoms with Gasteiger partial charge >= 0.3 is 11.9 Å². The fraction of sp³-hybridized carbons (Fsp3) is 0.467. The van der Waals surface area contributed by atoms with E-state index in [1.807, 2.05) is 40.7 Å². The van der Waals surface area contributed by atoms with Gasteiger partial charge in [0.05, 0.1) is 12.5 Å². The summed E-state index contributed by atoms with van der Waals surface area (Å²) in [5.74, 6) is 0.0370. The van der Waals surface area contributed by atoms with Crippen molar-refractivity contribution in [1.29, 1.82) is 0 Å². The van der Waals surface area contributed by atoms with Crippen LogP contribution in [0.25, 0.3) is 5.57 Å². The third kappa shape index (κ3) is 5.78. The summed E-state index contributed by atoms with van der Waals surface area (Å²) in [5.41, 5.74) is 5.84. The fourth-order valence-corrected chi connectivity index (χ4v) is 4.44. The Kier molecular flexibility index (Phi) is 8.88. The van der Waals surface area contributed by atoms with Crippen molar-refractivity contribution in [2.45, 2.75) is 80.1 Å². The molecule has 4 heteroatoms. The molecule has 0 radical (unpaired) electrons. The zero-order chi connectivity index (χ0) is 25.7. The maximum atomic E-state index is 12.4. The minimum Gasteiger partial charge on any atom is -0.466 e. The summed E-state index contributed by atoms with van der Waals surface area (Å²) in [4.78, 5) is 24.2. The molecule has 0 unspecified atom stereocenters. The molecule has 0 spiro atoms. The fourth-order valence-electron chi connectivity index (χ4n) is 4.44. The predicted octanol–water partition coefficient (Wildman–Crippen LogP) is 7.33. The highest BCUT2D eigenvalue weighted by Gasteiger charge is 2.32. The van der Waals surface area contributed by atoms with Gasteiger partial charge < -0.3 is 9.47 Å². The Morgan fingerprint density at radius 2 is 1.44 bits per heavy atom. The molecule has 0 atom stereocenters. The summed E-state index contributed by atoms with van der Waals surface area (Å²) in [7, 11) is 1.40. The average molecular weight is 465 g/mol. The molecule has 2 aromatic carbocycles. The molecular formula is C30H40O4. The van der Waals surface area contributed by atoms with E-state index in [-0.39, 0.29) is 17.4 Å². The van der Waals surface area contributed by atoms with Crippen molar-refractivity contribution < 1.29 is 19.1 Å². The number of methoxy groups -OCH3 is 1. The van der Waals surface area contributed by atoms with E-state index in [0.29, 0.717) is 5.75 Å². The summed E-state index contributed by atoms with van der Waals surface area (Å²) >= 11 is 0. The first kappa shape index (κ1) is 27.4.